The number of carbonyl (C=O) groups excluding carboxylic acids is 1. The first kappa shape index (κ1) is 19.2. The lowest BCUT2D eigenvalue weighted by Gasteiger charge is -2.39. The molecule has 0 N–H and O–H groups in total. The number of nitrogens with zero attached hydrogens (tertiary/aromatic N) is 4. The minimum absolute atomic E-state index is 0.193. The van der Waals surface area contributed by atoms with Crippen molar-refractivity contribution in [3.05, 3.63) is 77.1 Å². The molecule has 29 heavy (non-hydrogen) atoms. The largest absolute Gasteiger partial charge is 0.487 e. The Hall–Kier alpha value is -3.15. The van der Waals surface area contributed by atoms with Gasteiger partial charge in [-0.15, -0.1) is 5.10 Å². The smallest absolute Gasteiger partial charge is 0.223 e. The van der Waals surface area contributed by atoms with Crippen LogP contribution in [-0.2, 0) is 17.8 Å². The summed E-state index contributed by atoms with van der Waals surface area (Å²) in [4.78, 5) is 14.3. The maximum absolute atomic E-state index is 12.5. The first-order chi connectivity index (χ1) is 14.1. The van der Waals surface area contributed by atoms with E-state index >= 15 is 0 Å². The first-order valence-electron chi connectivity index (χ1n) is 10.0. The average molecular weight is 390 g/mol. The van der Waals surface area contributed by atoms with Gasteiger partial charge in [0.2, 0.25) is 5.91 Å². The highest BCUT2D eigenvalue weighted by Crippen LogP contribution is 2.22. The van der Waals surface area contributed by atoms with Crippen molar-refractivity contribution in [2.24, 2.45) is 0 Å². The average Bonchev–Trinajstić information content (AvgIpc) is 3.15. The Morgan fingerprint density at radius 3 is 2.66 bits per heavy atom. The van der Waals surface area contributed by atoms with Crippen molar-refractivity contribution in [1.82, 2.24) is 19.9 Å². The molecule has 1 aliphatic heterocycles. The fourth-order valence-electron chi connectivity index (χ4n) is 3.43. The zero-order valence-electron chi connectivity index (χ0n) is 16.9. The van der Waals surface area contributed by atoms with Gasteiger partial charge in [0.15, 0.2) is 0 Å². The summed E-state index contributed by atoms with van der Waals surface area (Å²) >= 11 is 0. The van der Waals surface area contributed by atoms with Crippen LogP contribution in [-0.4, -0.2) is 38.9 Å². The molecular weight excluding hydrogens is 364 g/mol. The van der Waals surface area contributed by atoms with E-state index in [4.69, 9.17) is 4.74 Å². The van der Waals surface area contributed by atoms with Gasteiger partial charge in [0.1, 0.15) is 18.1 Å². The molecule has 0 atom stereocenters. The molecule has 3 aromatic rings. The number of aryl methyl sites for hydroxylation is 3. The maximum atomic E-state index is 12.5. The van der Waals surface area contributed by atoms with Crippen LogP contribution < -0.4 is 4.74 Å². The summed E-state index contributed by atoms with van der Waals surface area (Å²) in [5.41, 5.74) is 4.57. The van der Waals surface area contributed by atoms with Gasteiger partial charge in [0.05, 0.1) is 12.2 Å². The van der Waals surface area contributed by atoms with Gasteiger partial charge in [-0.25, -0.2) is 4.68 Å². The normalized spacial score (nSPS) is 13.9. The zero-order valence-corrected chi connectivity index (χ0v) is 16.9. The quantitative estimate of drug-likeness (QED) is 0.620. The predicted molar refractivity (Wildman–Crippen MR) is 111 cm³/mol. The highest BCUT2D eigenvalue weighted by atomic mass is 16.5. The maximum Gasteiger partial charge on any atom is 0.223 e. The Labute approximate surface area is 171 Å². The Kier molecular flexibility index (Phi) is 5.60. The third kappa shape index (κ3) is 4.65. The number of rotatable bonds is 7. The monoisotopic (exact) mass is 390 g/mol. The van der Waals surface area contributed by atoms with Crippen LogP contribution in [0.3, 0.4) is 0 Å². The van der Waals surface area contributed by atoms with Crippen molar-refractivity contribution in [3.8, 4) is 5.75 Å². The number of para-hydroxylation sites is 1. The number of carbonyl (C=O) groups is 1. The number of hydrogen-bond donors (Lipinski definition) is 0. The number of likely N-dealkylation sites (tertiary alicyclic amines) is 1. The summed E-state index contributed by atoms with van der Waals surface area (Å²) in [5, 5.41) is 8.38. The van der Waals surface area contributed by atoms with Crippen molar-refractivity contribution >= 4 is 5.91 Å². The third-order valence-electron chi connectivity index (χ3n) is 5.48. The molecule has 0 aliphatic carbocycles. The van der Waals surface area contributed by atoms with Gasteiger partial charge in [0.25, 0.3) is 0 Å². The molecule has 1 fully saturated rings. The van der Waals surface area contributed by atoms with Crippen LogP contribution >= 0.6 is 0 Å². The van der Waals surface area contributed by atoms with Gasteiger partial charge < -0.3 is 9.64 Å². The molecule has 0 unspecified atom stereocenters. The molecule has 150 valence electrons. The molecule has 1 aromatic heterocycles. The van der Waals surface area contributed by atoms with Crippen LogP contribution in [0.2, 0.25) is 0 Å². The summed E-state index contributed by atoms with van der Waals surface area (Å²) in [5.74, 6) is 1.01. The molecule has 0 bridgehead atoms. The minimum atomic E-state index is 0.193. The Bertz CT molecular complexity index is 978. The van der Waals surface area contributed by atoms with Gasteiger partial charge >= 0.3 is 0 Å². The lowest BCUT2D eigenvalue weighted by molar-refractivity contribution is -0.137. The van der Waals surface area contributed by atoms with E-state index in [2.05, 4.69) is 42.4 Å². The Morgan fingerprint density at radius 1 is 1.10 bits per heavy atom. The molecule has 4 rings (SSSR count). The molecule has 0 spiro atoms. The van der Waals surface area contributed by atoms with Gasteiger partial charge in [-0.1, -0.05) is 41.6 Å². The van der Waals surface area contributed by atoms with Crippen molar-refractivity contribution in [2.45, 2.75) is 39.3 Å². The molecule has 1 saturated heterocycles. The number of hydrogen-bond acceptors (Lipinski definition) is 4. The van der Waals surface area contributed by atoms with Crippen molar-refractivity contribution < 1.29 is 9.53 Å². The lowest BCUT2D eigenvalue weighted by atomic mass is 10.0. The van der Waals surface area contributed by atoms with Crippen molar-refractivity contribution in [2.75, 3.05) is 13.1 Å². The van der Waals surface area contributed by atoms with E-state index < -0.39 is 0 Å². The number of ether oxygens (including phenoxy) is 1. The van der Waals surface area contributed by atoms with Crippen LogP contribution in [0.5, 0.6) is 5.75 Å². The standard InChI is InChI=1S/C23H26N4O2/c1-17-8-9-19(12-18(17)2)10-11-23(28)26-14-21(15-26)27-13-20(24-25-27)16-29-22-6-4-3-5-7-22/h3-9,12-13,21H,10-11,14-16H2,1-2H3. The van der Waals surface area contributed by atoms with E-state index in [0.717, 1.165) is 17.9 Å². The highest BCUT2D eigenvalue weighted by Gasteiger charge is 2.32. The van der Waals surface area contributed by atoms with Crippen LogP contribution in [0.25, 0.3) is 0 Å². The fraction of sp³-hybridized carbons (Fsp3) is 0.348. The molecule has 1 amide bonds. The van der Waals surface area contributed by atoms with Crippen LogP contribution in [0.4, 0.5) is 0 Å². The minimum Gasteiger partial charge on any atom is -0.487 e. The van der Waals surface area contributed by atoms with Crippen LogP contribution in [0.15, 0.2) is 54.7 Å². The number of aromatic nitrogens is 3. The summed E-state index contributed by atoms with van der Waals surface area (Å²) in [6.07, 6.45) is 3.23. The van der Waals surface area contributed by atoms with Gasteiger partial charge in [-0.3, -0.25) is 4.79 Å². The molecule has 2 heterocycles. The number of benzene rings is 2. The summed E-state index contributed by atoms with van der Waals surface area (Å²) < 4.78 is 7.55. The second kappa shape index (κ2) is 8.47. The third-order valence-corrected chi connectivity index (χ3v) is 5.48. The molecule has 6 nitrogen and oxygen atoms in total. The highest BCUT2D eigenvalue weighted by molar-refractivity contribution is 5.77. The molecule has 1 aliphatic rings. The Morgan fingerprint density at radius 2 is 1.90 bits per heavy atom. The summed E-state index contributed by atoms with van der Waals surface area (Å²) in [7, 11) is 0. The first-order valence-corrected chi connectivity index (χ1v) is 10.0. The van der Waals surface area contributed by atoms with Crippen molar-refractivity contribution in [3.63, 3.8) is 0 Å². The molecular formula is C23H26N4O2. The van der Waals surface area contributed by atoms with Gasteiger partial charge in [0, 0.05) is 19.5 Å². The van der Waals surface area contributed by atoms with E-state index in [9.17, 15) is 4.79 Å². The molecule has 0 saturated carbocycles. The van der Waals surface area contributed by atoms with E-state index in [0.29, 0.717) is 26.1 Å². The summed E-state index contributed by atoms with van der Waals surface area (Å²) in [6.45, 7) is 5.98. The van der Waals surface area contributed by atoms with Crippen LogP contribution in [0.1, 0.15) is 34.8 Å². The lowest BCUT2D eigenvalue weighted by Crippen LogP contribution is -2.51. The van der Waals surface area contributed by atoms with Crippen molar-refractivity contribution in [1.29, 1.82) is 0 Å². The molecule has 6 heteroatoms. The van der Waals surface area contributed by atoms with E-state index in [1.165, 1.54) is 16.7 Å². The van der Waals surface area contributed by atoms with E-state index in [1.54, 1.807) is 0 Å². The van der Waals surface area contributed by atoms with Crippen LogP contribution in [0, 0.1) is 13.8 Å². The van der Waals surface area contributed by atoms with Gasteiger partial charge in [-0.2, -0.15) is 0 Å². The second-order valence-corrected chi connectivity index (χ2v) is 7.66. The number of amides is 1. The zero-order chi connectivity index (χ0) is 20.2. The van der Waals surface area contributed by atoms with E-state index in [1.807, 2.05) is 46.1 Å². The fourth-order valence-corrected chi connectivity index (χ4v) is 3.43. The van der Waals surface area contributed by atoms with Gasteiger partial charge in [-0.05, 0) is 49.1 Å². The topological polar surface area (TPSA) is 60.2 Å². The summed E-state index contributed by atoms with van der Waals surface area (Å²) in [6, 6.07) is 16.3. The molecule has 0 radical (unpaired) electrons. The molecule has 2 aromatic carbocycles. The van der Waals surface area contributed by atoms with E-state index in [-0.39, 0.29) is 11.9 Å². The SMILES string of the molecule is Cc1ccc(CCC(=O)N2CC(n3cc(COc4ccccc4)nn3)C2)cc1C. The Balaban J connectivity index is 1.22. The predicted octanol–water partition coefficient (Wildman–Crippen LogP) is 3.49. The second-order valence-electron chi connectivity index (χ2n) is 7.66.